The van der Waals surface area contributed by atoms with Gasteiger partial charge in [-0.1, -0.05) is 15.9 Å². The number of hydrogen-bond donors (Lipinski definition) is 1. The van der Waals surface area contributed by atoms with Crippen molar-refractivity contribution in [2.24, 2.45) is 5.73 Å². The fraction of sp³-hybridized carbons (Fsp3) is 0.133. The summed E-state index contributed by atoms with van der Waals surface area (Å²) in [6.07, 6.45) is -0.755. The molecule has 0 aliphatic rings. The second-order valence-electron chi connectivity index (χ2n) is 4.61. The number of nitro benzene ring substituents is 1. The summed E-state index contributed by atoms with van der Waals surface area (Å²) >= 11 is 3.18. The predicted octanol–water partition coefficient (Wildman–Crippen LogP) is 3.40. The Balaban J connectivity index is 2.15. The molecule has 0 radical (unpaired) electrons. The quantitative estimate of drug-likeness (QED) is 0.610. The number of carbonyl (C=O) groups is 1. The lowest BCUT2D eigenvalue weighted by Gasteiger charge is -2.12. The molecule has 1 amide bonds. The first kappa shape index (κ1) is 16.8. The molecule has 2 rings (SSSR count). The molecule has 0 aliphatic heterocycles. The van der Waals surface area contributed by atoms with Gasteiger partial charge in [0.25, 0.3) is 5.91 Å². The van der Waals surface area contributed by atoms with Crippen LogP contribution in [-0.2, 0) is 4.79 Å². The van der Waals surface area contributed by atoms with Crippen LogP contribution in [0, 0.1) is 10.1 Å². The van der Waals surface area contributed by atoms with Gasteiger partial charge in [-0.2, -0.15) is 0 Å². The zero-order valence-electron chi connectivity index (χ0n) is 12.1. The summed E-state index contributed by atoms with van der Waals surface area (Å²) in [5, 5.41) is 11.0. The van der Waals surface area contributed by atoms with E-state index in [1.807, 2.05) is 0 Å². The molecule has 0 aromatic heterocycles. The summed E-state index contributed by atoms with van der Waals surface area (Å²) in [5.74, 6) is 0.386. The van der Waals surface area contributed by atoms with Gasteiger partial charge >= 0.3 is 5.69 Å². The second kappa shape index (κ2) is 7.10. The van der Waals surface area contributed by atoms with E-state index in [1.54, 1.807) is 30.3 Å². The molecule has 0 aliphatic carbocycles. The van der Waals surface area contributed by atoms with E-state index < -0.39 is 16.9 Å². The number of hydrogen-bond acceptors (Lipinski definition) is 5. The average molecular weight is 381 g/mol. The van der Waals surface area contributed by atoms with Gasteiger partial charge in [0.15, 0.2) is 6.10 Å². The Morgan fingerprint density at radius 1 is 1.22 bits per heavy atom. The number of halogens is 1. The van der Waals surface area contributed by atoms with Gasteiger partial charge in [-0.15, -0.1) is 0 Å². The number of ether oxygens (including phenoxy) is 2. The highest BCUT2D eigenvalue weighted by Crippen LogP contribution is 2.34. The van der Waals surface area contributed by atoms with E-state index >= 15 is 0 Å². The number of benzene rings is 2. The van der Waals surface area contributed by atoms with Crippen molar-refractivity contribution in [1.29, 1.82) is 0 Å². The molecule has 1 atom stereocenters. The molecule has 8 heteroatoms. The van der Waals surface area contributed by atoms with Gasteiger partial charge in [0.2, 0.25) is 5.75 Å². The van der Waals surface area contributed by atoms with Gasteiger partial charge < -0.3 is 15.2 Å². The van der Waals surface area contributed by atoms with Crippen LogP contribution < -0.4 is 15.2 Å². The van der Waals surface area contributed by atoms with Gasteiger partial charge in [0.1, 0.15) is 11.5 Å². The molecule has 0 heterocycles. The summed E-state index contributed by atoms with van der Waals surface area (Å²) < 4.78 is 11.4. The molecule has 1 unspecified atom stereocenters. The Bertz CT molecular complexity index is 733. The number of nitrogens with two attached hydrogens (primary N) is 1. The van der Waals surface area contributed by atoms with E-state index in [9.17, 15) is 14.9 Å². The average Bonchev–Trinajstić information content (AvgIpc) is 2.50. The van der Waals surface area contributed by atoms with E-state index in [-0.39, 0.29) is 11.4 Å². The molecule has 2 aromatic rings. The number of rotatable bonds is 6. The zero-order valence-corrected chi connectivity index (χ0v) is 13.6. The van der Waals surface area contributed by atoms with E-state index in [0.717, 1.165) is 0 Å². The third-order valence-electron chi connectivity index (χ3n) is 2.88. The Kier molecular flexibility index (Phi) is 5.17. The smallest absolute Gasteiger partial charge is 0.312 e. The number of nitrogens with zero attached hydrogens (tertiary/aromatic N) is 1. The van der Waals surface area contributed by atoms with Crippen molar-refractivity contribution >= 4 is 27.5 Å². The molecule has 0 saturated carbocycles. The van der Waals surface area contributed by atoms with Crippen LogP contribution in [0.3, 0.4) is 0 Å². The number of carbonyl (C=O) groups excluding carboxylic acids is 1. The van der Waals surface area contributed by atoms with Gasteiger partial charge in [0, 0.05) is 10.5 Å². The zero-order chi connectivity index (χ0) is 17.0. The van der Waals surface area contributed by atoms with Gasteiger partial charge in [-0.05, 0) is 43.3 Å². The summed E-state index contributed by atoms with van der Waals surface area (Å²) in [6.45, 7) is 1.54. The maximum absolute atomic E-state index is 11.0. The van der Waals surface area contributed by atoms with Crippen molar-refractivity contribution in [3.63, 3.8) is 0 Å². The van der Waals surface area contributed by atoms with Gasteiger partial charge in [-0.3, -0.25) is 14.9 Å². The lowest BCUT2D eigenvalue weighted by molar-refractivity contribution is -0.385. The number of amides is 1. The molecule has 7 nitrogen and oxygen atoms in total. The van der Waals surface area contributed by atoms with Crippen LogP contribution in [-0.4, -0.2) is 16.9 Å². The van der Waals surface area contributed by atoms with E-state index in [2.05, 4.69) is 15.9 Å². The first-order valence-electron chi connectivity index (χ1n) is 6.54. The molecule has 0 saturated heterocycles. The lowest BCUT2D eigenvalue weighted by Crippen LogP contribution is -2.30. The van der Waals surface area contributed by atoms with Crippen molar-refractivity contribution in [1.82, 2.24) is 0 Å². The van der Waals surface area contributed by atoms with Crippen LogP contribution in [0.1, 0.15) is 6.92 Å². The maximum atomic E-state index is 11.0. The van der Waals surface area contributed by atoms with E-state index in [4.69, 9.17) is 15.2 Å². The topological polar surface area (TPSA) is 105 Å². The monoisotopic (exact) mass is 380 g/mol. The van der Waals surface area contributed by atoms with Crippen LogP contribution in [0.4, 0.5) is 5.69 Å². The van der Waals surface area contributed by atoms with E-state index in [1.165, 1.54) is 19.1 Å². The minimum atomic E-state index is -0.755. The third kappa shape index (κ3) is 4.43. The summed E-state index contributed by atoms with van der Waals surface area (Å²) in [4.78, 5) is 21.5. The predicted molar refractivity (Wildman–Crippen MR) is 86.6 cm³/mol. The van der Waals surface area contributed by atoms with Crippen LogP contribution >= 0.6 is 15.9 Å². The molecule has 2 N–H and O–H groups in total. The van der Waals surface area contributed by atoms with Crippen molar-refractivity contribution < 1.29 is 19.2 Å². The normalized spacial score (nSPS) is 11.6. The highest BCUT2D eigenvalue weighted by Gasteiger charge is 2.16. The molecular weight excluding hydrogens is 368 g/mol. The van der Waals surface area contributed by atoms with Crippen LogP contribution in [0.25, 0.3) is 0 Å². The van der Waals surface area contributed by atoms with E-state index in [0.29, 0.717) is 16.0 Å². The highest BCUT2D eigenvalue weighted by atomic mass is 79.9. The van der Waals surface area contributed by atoms with Crippen molar-refractivity contribution in [3.05, 3.63) is 57.1 Å². The van der Waals surface area contributed by atoms with Crippen molar-refractivity contribution in [2.45, 2.75) is 13.0 Å². The van der Waals surface area contributed by atoms with Crippen LogP contribution in [0.5, 0.6) is 17.2 Å². The number of nitro groups is 1. The standard InChI is InChI=1S/C15H13BrN2O5/c1-9(15(17)19)22-11-3-5-12(6-4-11)23-14-7-2-10(16)8-13(14)18(20)21/h2-9H,1H3,(H2,17,19). The molecule has 120 valence electrons. The second-order valence-corrected chi connectivity index (χ2v) is 5.52. The SMILES string of the molecule is CC(Oc1ccc(Oc2ccc(Br)cc2[N+](=O)[O-])cc1)C(N)=O. The van der Waals surface area contributed by atoms with Crippen molar-refractivity contribution in [3.8, 4) is 17.2 Å². The van der Waals surface area contributed by atoms with Gasteiger partial charge in [-0.25, -0.2) is 0 Å². The molecule has 0 spiro atoms. The Morgan fingerprint density at radius 2 is 1.83 bits per heavy atom. The first-order chi connectivity index (χ1) is 10.9. The van der Waals surface area contributed by atoms with Crippen molar-refractivity contribution in [2.75, 3.05) is 0 Å². The largest absolute Gasteiger partial charge is 0.481 e. The summed E-state index contributed by atoms with van der Waals surface area (Å²) in [6, 6.07) is 10.8. The summed E-state index contributed by atoms with van der Waals surface area (Å²) in [5.41, 5.74) is 4.97. The fourth-order valence-corrected chi connectivity index (χ4v) is 2.04. The third-order valence-corrected chi connectivity index (χ3v) is 3.38. The summed E-state index contributed by atoms with van der Waals surface area (Å²) in [7, 11) is 0. The van der Waals surface area contributed by atoms with Gasteiger partial charge in [0.05, 0.1) is 4.92 Å². The molecule has 0 bridgehead atoms. The Morgan fingerprint density at radius 3 is 2.39 bits per heavy atom. The Hall–Kier alpha value is -2.61. The highest BCUT2D eigenvalue weighted by molar-refractivity contribution is 9.10. The minimum absolute atomic E-state index is 0.123. The molecule has 0 fully saturated rings. The minimum Gasteiger partial charge on any atom is -0.481 e. The Labute approximate surface area is 140 Å². The molecular formula is C15H13BrN2O5. The molecule has 2 aromatic carbocycles. The van der Waals surface area contributed by atoms with Crippen LogP contribution in [0.2, 0.25) is 0 Å². The molecule has 23 heavy (non-hydrogen) atoms. The lowest BCUT2D eigenvalue weighted by atomic mass is 10.3. The first-order valence-corrected chi connectivity index (χ1v) is 7.34. The number of primary amides is 1. The van der Waals surface area contributed by atoms with Crippen LogP contribution in [0.15, 0.2) is 46.9 Å². The fourth-order valence-electron chi connectivity index (χ4n) is 1.69. The maximum Gasteiger partial charge on any atom is 0.312 e.